The van der Waals surface area contributed by atoms with Gasteiger partial charge in [-0.15, -0.1) is 0 Å². The van der Waals surface area contributed by atoms with Gasteiger partial charge in [-0.3, -0.25) is 9.10 Å². The summed E-state index contributed by atoms with van der Waals surface area (Å²) in [6, 6.07) is 0. The number of halogens is 2. The molecule has 0 spiro atoms. The number of rotatable bonds is 2. The molecule has 0 bridgehead atoms. The van der Waals surface area contributed by atoms with Crippen LogP contribution in [0, 0.1) is 11.8 Å². The molecule has 0 aromatic carbocycles. The SMILES string of the molecule is C=C1C2CC=CCC2C(=O)N1SC(C)(Cl)Cl. The lowest BCUT2D eigenvalue weighted by Crippen LogP contribution is -2.23. The van der Waals surface area contributed by atoms with E-state index in [0.29, 0.717) is 0 Å². The number of hydrogen-bond acceptors (Lipinski definition) is 2. The minimum absolute atomic E-state index is 0.0284. The molecule has 0 aromatic rings. The zero-order valence-electron chi connectivity index (χ0n) is 8.95. The number of alkyl halides is 2. The van der Waals surface area contributed by atoms with Gasteiger partial charge in [0.2, 0.25) is 5.91 Å². The third kappa shape index (κ3) is 2.27. The van der Waals surface area contributed by atoms with Gasteiger partial charge < -0.3 is 0 Å². The van der Waals surface area contributed by atoms with E-state index in [-0.39, 0.29) is 17.7 Å². The van der Waals surface area contributed by atoms with Crippen LogP contribution in [-0.2, 0) is 4.79 Å². The van der Waals surface area contributed by atoms with Crippen LogP contribution in [0.15, 0.2) is 24.4 Å². The molecule has 5 heteroatoms. The number of amides is 1. The van der Waals surface area contributed by atoms with Crippen LogP contribution in [0.4, 0.5) is 0 Å². The van der Waals surface area contributed by atoms with Crippen molar-refractivity contribution in [2.45, 2.75) is 23.4 Å². The molecule has 88 valence electrons. The average molecular weight is 278 g/mol. The van der Waals surface area contributed by atoms with Gasteiger partial charge in [0.05, 0.1) is 5.92 Å². The zero-order chi connectivity index (χ0) is 11.9. The Bertz CT molecular complexity index is 335. The molecule has 0 saturated carbocycles. The van der Waals surface area contributed by atoms with Gasteiger partial charge in [0.1, 0.15) is 0 Å². The Hall–Kier alpha value is -0.120. The van der Waals surface area contributed by atoms with Crippen LogP contribution < -0.4 is 0 Å². The minimum atomic E-state index is -1.00. The number of carbonyl (C=O) groups excluding carboxylic acids is 1. The van der Waals surface area contributed by atoms with Gasteiger partial charge in [-0.1, -0.05) is 41.9 Å². The van der Waals surface area contributed by atoms with E-state index in [1.807, 2.05) is 0 Å². The van der Waals surface area contributed by atoms with Crippen molar-refractivity contribution in [3.8, 4) is 0 Å². The van der Waals surface area contributed by atoms with Gasteiger partial charge in [-0.25, -0.2) is 0 Å². The summed E-state index contributed by atoms with van der Waals surface area (Å²) in [5, 5.41) is 0. The lowest BCUT2D eigenvalue weighted by atomic mass is 9.84. The van der Waals surface area contributed by atoms with Crippen LogP contribution in [0.25, 0.3) is 0 Å². The molecule has 2 rings (SSSR count). The molecule has 1 saturated heterocycles. The van der Waals surface area contributed by atoms with Gasteiger partial charge >= 0.3 is 0 Å². The van der Waals surface area contributed by atoms with E-state index in [1.165, 1.54) is 0 Å². The maximum Gasteiger partial charge on any atom is 0.240 e. The Morgan fingerprint density at radius 2 is 2.00 bits per heavy atom. The largest absolute Gasteiger partial charge is 0.273 e. The van der Waals surface area contributed by atoms with Crippen molar-refractivity contribution in [3.05, 3.63) is 24.4 Å². The van der Waals surface area contributed by atoms with E-state index >= 15 is 0 Å². The average Bonchev–Trinajstić information content (AvgIpc) is 2.43. The zero-order valence-corrected chi connectivity index (χ0v) is 11.3. The number of nitrogens with zero attached hydrogens (tertiary/aromatic N) is 1. The lowest BCUT2D eigenvalue weighted by molar-refractivity contribution is -0.126. The monoisotopic (exact) mass is 277 g/mol. The summed E-state index contributed by atoms with van der Waals surface area (Å²) >= 11 is 13.0. The van der Waals surface area contributed by atoms with E-state index in [4.69, 9.17) is 23.2 Å². The standard InChI is InChI=1S/C11H13Cl2NOS/c1-7-8-5-3-4-6-9(8)10(15)14(7)16-11(2,12)13/h3-4,8-9H,1,5-6H2,2H3. The second kappa shape index (κ2) is 4.28. The van der Waals surface area contributed by atoms with Crippen molar-refractivity contribution in [2.24, 2.45) is 11.8 Å². The Morgan fingerprint density at radius 1 is 1.44 bits per heavy atom. The summed E-state index contributed by atoms with van der Waals surface area (Å²) in [6.07, 6.45) is 5.84. The molecule has 1 aliphatic heterocycles. The highest BCUT2D eigenvalue weighted by molar-refractivity contribution is 8.01. The van der Waals surface area contributed by atoms with Crippen molar-refractivity contribution >= 4 is 41.1 Å². The summed E-state index contributed by atoms with van der Waals surface area (Å²) in [5.41, 5.74) is 0.830. The second-order valence-corrected chi connectivity index (χ2v) is 7.70. The predicted octanol–water partition coefficient (Wildman–Crippen LogP) is 3.72. The molecule has 16 heavy (non-hydrogen) atoms. The normalized spacial score (nSPS) is 29.8. The maximum absolute atomic E-state index is 12.1. The van der Waals surface area contributed by atoms with Crippen molar-refractivity contribution in [1.29, 1.82) is 0 Å². The first-order chi connectivity index (χ1) is 7.40. The van der Waals surface area contributed by atoms with Gasteiger partial charge in [0.25, 0.3) is 0 Å². The van der Waals surface area contributed by atoms with E-state index in [1.54, 1.807) is 11.2 Å². The van der Waals surface area contributed by atoms with Gasteiger partial charge in [0, 0.05) is 11.6 Å². The minimum Gasteiger partial charge on any atom is -0.273 e. The third-order valence-corrected chi connectivity index (χ3v) is 4.22. The summed E-state index contributed by atoms with van der Waals surface area (Å²) < 4.78 is 0.571. The summed E-state index contributed by atoms with van der Waals surface area (Å²) in [6.45, 7) is 5.64. The fraction of sp³-hybridized carbons (Fsp3) is 0.545. The molecule has 0 N–H and O–H groups in total. The molecular weight excluding hydrogens is 265 g/mol. The Kier molecular flexibility index (Phi) is 3.30. The highest BCUT2D eigenvalue weighted by Gasteiger charge is 2.45. The number of allylic oxidation sites excluding steroid dienone is 3. The van der Waals surface area contributed by atoms with Crippen molar-refractivity contribution in [1.82, 2.24) is 4.31 Å². The van der Waals surface area contributed by atoms with Crippen LogP contribution >= 0.6 is 35.1 Å². The topological polar surface area (TPSA) is 20.3 Å². The Labute approximate surface area is 110 Å². The number of carbonyl (C=O) groups is 1. The van der Waals surface area contributed by atoms with Crippen LogP contribution in [-0.4, -0.2) is 13.9 Å². The highest BCUT2D eigenvalue weighted by atomic mass is 35.5. The molecule has 1 heterocycles. The van der Waals surface area contributed by atoms with E-state index in [0.717, 1.165) is 30.5 Å². The first-order valence-corrected chi connectivity index (χ1v) is 6.68. The molecule has 0 radical (unpaired) electrons. The van der Waals surface area contributed by atoms with Gasteiger partial charge in [0.15, 0.2) is 3.67 Å². The summed E-state index contributed by atoms with van der Waals surface area (Å²) in [7, 11) is 0. The fourth-order valence-electron chi connectivity index (χ4n) is 2.16. The highest BCUT2D eigenvalue weighted by Crippen LogP contribution is 2.48. The van der Waals surface area contributed by atoms with Crippen molar-refractivity contribution < 1.29 is 4.79 Å². The van der Waals surface area contributed by atoms with Crippen LogP contribution in [0.5, 0.6) is 0 Å². The lowest BCUT2D eigenvalue weighted by Gasteiger charge is -2.22. The first-order valence-electron chi connectivity index (χ1n) is 5.15. The van der Waals surface area contributed by atoms with Crippen LogP contribution in [0.2, 0.25) is 0 Å². The number of hydrogen-bond donors (Lipinski definition) is 0. The molecule has 2 atom stereocenters. The molecule has 1 fully saturated rings. The predicted molar refractivity (Wildman–Crippen MR) is 69.0 cm³/mol. The van der Waals surface area contributed by atoms with Crippen molar-refractivity contribution in [2.75, 3.05) is 0 Å². The van der Waals surface area contributed by atoms with E-state index in [2.05, 4.69) is 18.7 Å². The second-order valence-electron chi connectivity index (χ2n) is 4.18. The van der Waals surface area contributed by atoms with Crippen molar-refractivity contribution in [3.63, 3.8) is 0 Å². The van der Waals surface area contributed by atoms with Gasteiger partial charge in [-0.2, -0.15) is 0 Å². The Balaban J connectivity index is 2.18. The summed E-state index contributed by atoms with van der Waals surface area (Å²) in [4.78, 5) is 12.1. The smallest absolute Gasteiger partial charge is 0.240 e. The van der Waals surface area contributed by atoms with Crippen LogP contribution in [0.1, 0.15) is 19.8 Å². The quantitative estimate of drug-likeness (QED) is 0.436. The van der Waals surface area contributed by atoms with E-state index < -0.39 is 3.67 Å². The maximum atomic E-state index is 12.1. The summed E-state index contributed by atoms with van der Waals surface area (Å²) in [5.74, 6) is 0.332. The molecule has 2 nitrogen and oxygen atoms in total. The van der Waals surface area contributed by atoms with Gasteiger partial charge in [-0.05, 0) is 31.7 Å². The molecule has 0 aromatic heterocycles. The molecule has 2 aliphatic rings. The molecule has 1 amide bonds. The fourth-order valence-corrected chi connectivity index (χ4v) is 3.37. The van der Waals surface area contributed by atoms with Crippen LogP contribution in [0.3, 0.4) is 0 Å². The molecule has 2 unspecified atom stereocenters. The van der Waals surface area contributed by atoms with E-state index in [9.17, 15) is 4.79 Å². The number of fused-ring (bicyclic) bond motifs is 1. The third-order valence-electron chi connectivity index (χ3n) is 2.89. The Morgan fingerprint density at radius 3 is 2.50 bits per heavy atom. The molecule has 1 aliphatic carbocycles. The molecular formula is C11H13Cl2NOS. The first kappa shape index (κ1) is 12.3.